The van der Waals surface area contributed by atoms with Crippen LogP contribution in [0.25, 0.3) is 0 Å². The van der Waals surface area contributed by atoms with Crippen LogP contribution >= 0.6 is 0 Å². The van der Waals surface area contributed by atoms with Crippen LogP contribution in [0.2, 0.25) is 0 Å². The van der Waals surface area contributed by atoms with Crippen LogP contribution in [0.15, 0.2) is 18.2 Å². The Morgan fingerprint density at radius 3 is 2.75 bits per heavy atom. The van der Waals surface area contributed by atoms with E-state index in [1.54, 1.807) is 6.07 Å². The number of benzene rings is 1. The summed E-state index contributed by atoms with van der Waals surface area (Å²) in [6.45, 7) is 2.00. The summed E-state index contributed by atoms with van der Waals surface area (Å²) in [6, 6.07) is 5.35. The molecule has 1 heterocycles. The lowest BCUT2D eigenvalue weighted by Gasteiger charge is -2.23. The molecule has 4 nitrogen and oxygen atoms in total. The maximum atomic E-state index is 9.16. The van der Waals surface area contributed by atoms with Crippen molar-refractivity contribution in [2.75, 3.05) is 18.8 Å². The normalized spacial score (nSPS) is 20.8. The maximum Gasteiger partial charge on any atom is 0.488 e. The highest BCUT2D eigenvalue weighted by Gasteiger charge is 2.18. The zero-order chi connectivity index (χ0) is 11.5. The van der Waals surface area contributed by atoms with Crippen LogP contribution in [0, 0.1) is 0 Å². The van der Waals surface area contributed by atoms with Gasteiger partial charge in [0.25, 0.3) is 0 Å². The van der Waals surface area contributed by atoms with Gasteiger partial charge in [-0.15, -0.1) is 0 Å². The molecule has 2 rings (SSSR count). The van der Waals surface area contributed by atoms with Gasteiger partial charge < -0.3 is 21.1 Å². The van der Waals surface area contributed by atoms with E-state index in [-0.39, 0.29) is 0 Å². The Bertz CT molecular complexity index is 365. The monoisotopic (exact) mass is 220 g/mol. The molecule has 0 bridgehead atoms. The summed E-state index contributed by atoms with van der Waals surface area (Å²) < 4.78 is 0. The SMILES string of the molecule is Nc1cc(B(O)O)cc(C2CCCNC2)c1. The zero-order valence-corrected chi connectivity index (χ0v) is 9.19. The first-order valence-electron chi connectivity index (χ1n) is 5.64. The molecular weight excluding hydrogens is 203 g/mol. The summed E-state index contributed by atoms with van der Waals surface area (Å²) in [5, 5.41) is 21.6. The largest absolute Gasteiger partial charge is 0.488 e. The van der Waals surface area contributed by atoms with Crippen molar-refractivity contribution in [3.8, 4) is 0 Å². The van der Waals surface area contributed by atoms with Crippen molar-refractivity contribution in [1.82, 2.24) is 5.32 Å². The number of anilines is 1. The highest BCUT2D eigenvalue weighted by Crippen LogP contribution is 2.23. The lowest BCUT2D eigenvalue weighted by Crippen LogP contribution is -2.32. The molecule has 0 saturated carbocycles. The molecule has 5 heteroatoms. The van der Waals surface area contributed by atoms with Crippen LogP contribution < -0.4 is 16.5 Å². The summed E-state index contributed by atoms with van der Waals surface area (Å²) >= 11 is 0. The molecule has 1 unspecified atom stereocenters. The summed E-state index contributed by atoms with van der Waals surface area (Å²) in [4.78, 5) is 0. The van der Waals surface area contributed by atoms with Crippen LogP contribution in [0.5, 0.6) is 0 Å². The van der Waals surface area contributed by atoms with Gasteiger partial charge in [-0.25, -0.2) is 0 Å². The Balaban J connectivity index is 2.25. The Kier molecular flexibility index (Phi) is 3.48. The van der Waals surface area contributed by atoms with Gasteiger partial charge in [-0.1, -0.05) is 6.07 Å². The van der Waals surface area contributed by atoms with Crippen molar-refractivity contribution in [3.05, 3.63) is 23.8 Å². The molecule has 1 aromatic carbocycles. The van der Waals surface area contributed by atoms with E-state index < -0.39 is 7.12 Å². The number of nitrogen functional groups attached to an aromatic ring is 1. The summed E-state index contributed by atoms with van der Waals surface area (Å²) in [5.74, 6) is 0.426. The minimum absolute atomic E-state index is 0.426. The Morgan fingerprint density at radius 2 is 2.12 bits per heavy atom. The molecule has 1 aromatic rings. The second-order valence-electron chi connectivity index (χ2n) is 4.35. The smallest absolute Gasteiger partial charge is 0.423 e. The second kappa shape index (κ2) is 4.87. The van der Waals surface area contributed by atoms with Gasteiger partial charge in [0.05, 0.1) is 0 Å². The Hall–Kier alpha value is -1.04. The average Bonchev–Trinajstić information content (AvgIpc) is 2.29. The van der Waals surface area contributed by atoms with Crippen molar-refractivity contribution in [3.63, 3.8) is 0 Å². The van der Waals surface area contributed by atoms with E-state index in [1.165, 1.54) is 0 Å². The molecule has 0 aromatic heterocycles. The van der Waals surface area contributed by atoms with Crippen molar-refractivity contribution in [1.29, 1.82) is 0 Å². The first-order chi connectivity index (χ1) is 7.66. The van der Waals surface area contributed by atoms with Crippen molar-refractivity contribution in [2.24, 2.45) is 0 Å². The highest BCUT2D eigenvalue weighted by atomic mass is 16.4. The van der Waals surface area contributed by atoms with Gasteiger partial charge in [-0.3, -0.25) is 0 Å². The van der Waals surface area contributed by atoms with Gasteiger partial charge >= 0.3 is 7.12 Å². The number of piperidine rings is 1. The molecule has 1 saturated heterocycles. The topological polar surface area (TPSA) is 78.5 Å². The maximum absolute atomic E-state index is 9.16. The minimum atomic E-state index is -1.45. The molecule has 1 aliphatic heterocycles. The number of hydrogen-bond acceptors (Lipinski definition) is 4. The summed E-state index contributed by atoms with van der Waals surface area (Å²) in [5.41, 5.74) is 7.92. The quantitative estimate of drug-likeness (QED) is 0.397. The Labute approximate surface area is 95.6 Å². The third-order valence-electron chi connectivity index (χ3n) is 3.07. The van der Waals surface area contributed by atoms with Gasteiger partial charge in [0, 0.05) is 12.2 Å². The van der Waals surface area contributed by atoms with Gasteiger partial charge in [0.2, 0.25) is 0 Å². The van der Waals surface area contributed by atoms with Gasteiger partial charge in [0.1, 0.15) is 0 Å². The van der Waals surface area contributed by atoms with Crippen LogP contribution in [0.1, 0.15) is 24.3 Å². The fourth-order valence-corrected chi connectivity index (χ4v) is 2.22. The van der Waals surface area contributed by atoms with E-state index in [1.807, 2.05) is 12.1 Å². The predicted octanol–water partition coefficient (Wildman–Crippen LogP) is -0.584. The molecular formula is C11H17BN2O2. The van der Waals surface area contributed by atoms with E-state index >= 15 is 0 Å². The molecule has 5 N–H and O–H groups in total. The first-order valence-corrected chi connectivity index (χ1v) is 5.64. The van der Waals surface area contributed by atoms with Crippen molar-refractivity contribution in [2.45, 2.75) is 18.8 Å². The van der Waals surface area contributed by atoms with Crippen molar-refractivity contribution >= 4 is 18.3 Å². The average molecular weight is 220 g/mol. The molecule has 0 radical (unpaired) electrons. The molecule has 16 heavy (non-hydrogen) atoms. The number of nitrogens with one attached hydrogen (secondary N) is 1. The fraction of sp³-hybridized carbons (Fsp3) is 0.455. The van der Waals surface area contributed by atoms with Crippen LogP contribution in [-0.4, -0.2) is 30.3 Å². The molecule has 0 amide bonds. The van der Waals surface area contributed by atoms with Gasteiger partial charge in [-0.05, 0) is 48.5 Å². The Morgan fingerprint density at radius 1 is 1.31 bits per heavy atom. The van der Waals surface area contributed by atoms with E-state index in [0.717, 1.165) is 31.5 Å². The second-order valence-corrected chi connectivity index (χ2v) is 4.35. The van der Waals surface area contributed by atoms with E-state index in [0.29, 0.717) is 17.1 Å². The van der Waals surface area contributed by atoms with E-state index in [2.05, 4.69) is 5.32 Å². The highest BCUT2D eigenvalue weighted by molar-refractivity contribution is 6.58. The first kappa shape index (κ1) is 11.5. The molecule has 0 aliphatic carbocycles. The zero-order valence-electron chi connectivity index (χ0n) is 9.19. The molecule has 0 spiro atoms. The van der Waals surface area contributed by atoms with Crippen LogP contribution in [0.4, 0.5) is 5.69 Å². The van der Waals surface area contributed by atoms with Crippen molar-refractivity contribution < 1.29 is 10.0 Å². The predicted molar refractivity (Wildman–Crippen MR) is 65.5 cm³/mol. The fourth-order valence-electron chi connectivity index (χ4n) is 2.22. The third-order valence-corrected chi connectivity index (χ3v) is 3.07. The van der Waals surface area contributed by atoms with E-state index in [4.69, 9.17) is 15.8 Å². The lowest BCUT2D eigenvalue weighted by atomic mass is 9.77. The van der Waals surface area contributed by atoms with Gasteiger partial charge in [0.15, 0.2) is 0 Å². The van der Waals surface area contributed by atoms with Crippen LogP contribution in [-0.2, 0) is 0 Å². The molecule has 1 fully saturated rings. The molecule has 1 atom stereocenters. The lowest BCUT2D eigenvalue weighted by molar-refractivity contribution is 0.425. The molecule has 1 aliphatic rings. The third kappa shape index (κ3) is 2.55. The van der Waals surface area contributed by atoms with E-state index in [9.17, 15) is 0 Å². The van der Waals surface area contributed by atoms with Crippen LogP contribution in [0.3, 0.4) is 0 Å². The standard InChI is InChI=1S/C11H17BN2O2/c13-11-5-9(4-10(6-11)12(15)16)8-2-1-3-14-7-8/h4-6,8,14-16H,1-3,7,13H2. The minimum Gasteiger partial charge on any atom is -0.423 e. The number of hydrogen-bond donors (Lipinski definition) is 4. The molecule has 86 valence electrons. The number of nitrogens with two attached hydrogens (primary N) is 1. The summed E-state index contributed by atoms with van der Waals surface area (Å²) in [6.07, 6.45) is 2.27. The summed E-state index contributed by atoms with van der Waals surface area (Å²) in [7, 11) is -1.45. The number of rotatable bonds is 2. The van der Waals surface area contributed by atoms with Gasteiger partial charge in [-0.2, -0.15) is 0 Å².